The van der Waals surface area contributed by atoms with Crippen molar-refractivity contribution < 1.29 is 0 Å². The van der Waals surface area contributed by atoms with E-state index in [0.717, 1.165) is 16.3 Å². The summed E-state index contributed by atoms with van der Waals surface area (Å²) >= 11 is 1.81. The predicted octanol–water partition coefficient (Wildman–Crippen LogP) is 2.99. The number of aromatic nitrogens is 1. The molecule has 2 N–H and O–H groups in total. The average molecular weight is 210 g/mol. The molecule has 0 aromatic carbocycles. The summed E-state index contributed by atoms with van der Waals surface area (Å²) in [6, 6.07) is 4.20. The van der Waals surface area contributed by atoms with E-state index in [9.17, 15) is 0 Å². The highest BCUT2D eigenvalue weighted by molar-refractivity contribution is 7.99. The van der Waals surface area contributed by atoms with Crippen molar-refractivity contribution in [3.63, 3.8) is 0 Å². The van der Waals surface area contributed by atoms with Gasteiger partial charge in [0.1, 0.15) is 0 Å². The number of pyridine rings is 1. The molecule has 0 amide bonds. The first-order chi connectivity index (χ1) is 6.74. The van der Waals surface area contributed by atoms with Gasteiger partial charge in [0.15, 0.2) is 0 Å². The molecule has 0 fully saturated rings. The van der Waals surface area contributed by atoms with E-state index in [1.54, 1.807) is 0 Å². The van der Waals surface area contributed by atoms with E-state index in [0.29, 0.717) is 0 Å². The highest BCUT2D eigenvalue weighted by Crippen LogP contribution is 2.18. The van der Waals surface area contributed by atoms with Gasteiger partial charge in [-0.05, 0) is 30.7 Å². The van der Waals surface area contributed by atoms with Crippen LogP contribution in [0.1, 0.15) is 38.3 Å². The summed E-state index contributed by atoms with van der Waals surface area (Å²) in [5, 5.41) is 1.10. The summed E-state index contributed by atoms with van der Waals surface area (Å²) in [5.74, 6) is 1.15. The van der Waals surface area contributed by atoms with Gasteiger partial charge in [0.05, 0.1) is 5.03 Å². The molecule has 1 atom stereocenters. The molecule has 1 rings (SSSR count). The van der Waals surface area contributed by atoms with Gasteiger partial charge in [-0.1, -0.05) is 19.4 Å². The summed E-state index contributed by atoms with van der Waals surface area (Å²) < 4.78 is 0. The number of thioether (sulfide) groups is 1. The van der Waals surface area contributed by atoms with Crippen LogP contribution in [0.4, 0.5) is 0 Å². The van der Waals surface area contributed by atoms with Crippen LogP contribution in [0.25, 0.3) is 0 Å². The first-order valence-corrected chi connectivity index (χ1v) is 6.07. The van der Waals surface area contributed by atoms with Gasteiger partial charge in [-0.25, -0.2) is 4.98 Å². The zero-order valence-corrected chi connectivity index (χ0v) is 9.68. The third-order valence-electron chi connectivity index (χ3n) is 2.03. The number of unbranched alkanes of at least 4 members (excludes halogenated alkanes) is 1. The third kappa shape index (κ3) is 3.68. The Morgan fingerprint density at radius 1 is 1.50 bits per heavy atom. The Bertz CT molecular complexity index is 256. The number of nitrogens with two attached hydrogens (primary N) is 1. The van der Waals surface area contributed by atoms with Crippen LogP contribution in [-0.4, -0.2) is 10.7 Å². The van der Waals surface area contributed by atoms with Crippen molar-refractivity contribution in [3.05, 3.63) is 23.9 Å². The van der Waals surface area contributed by atoms with Crippen LogP contribution in [0.2, 0.25) is 0 Å². The van der Waals surface area contributed by atoms with E-state index in [4.69, 9.17) is 5.73 Å². The molecule has 1 aromatic heterocycles. The van der Waals surface area contributed by atoms with Gasteiger partial charge in [0, 0.05) is 12.2 Å². The second-order valence-electron chi connectivity index (χ2n) is 3.42. The Morgan fingerprint density at radius 2 is 2.29 bits per heavy atom. The number of nitrogens with zero attached hydrogens (tertiary/aromatic N) is 1. The topological polar surface area (TPSA) is 38.9 Å². The molecule has 1 aromatic rings. The largest absolute Gasteiger partial charge is 0.324 e. The maximum Gasteiger partial charge on any atom is 0.0960 e. The summed E-state index contributed by atoms with van der Waals surface area (Å²) in [6.45, 7) is 4.17. The minimum absolute atomic E-state index is 0.0807. The van der Waals surface area contributed by atoms with Gasteiger partial charge in [0.25, 0.3) is 0 Å². The lowest BCUT2D eigenvalue weighted by molar-refractivity contribution is 0.806. The van der Waals surface area contributed by atoms with E-state index >= 15 is 0 Å². The van der Waals surface area contributed by atoms with Crippen LogP contribution in [0, 0.1) is 0 Å². The number of hydrogen-bond donors (Lipinski definition) is 1. The third-order valence-corrected chi connectivity index (χ3v) is 3.06. The minimum atomic E-state index is 0.0807. The van der Waals surface area contributed by atoms with Gasteiger partial charge >= 0.3 is 0 Å². The lowest BCUT2D eigenvalue weighted by atomic mass is 10.2. The van der Waals surface area contributed by atoms with E-state index in [1.165, 1.54) is 12.8 Å². The molecule has 0 unspecified atom stereocenters. The minimum Gasteiger partial charge on any atom is -0.324 e. The molecule has 1 heterocycles. The molecule has 14 heavy (non-hydrogen) atoms. The average Bonchev–Trinajstić information content (AvgIpc) is 2.19. The molecule has 0 bridgehead atoms. The molecule has 0 saturated heterocycles. The quantitative estimate of drug-likeness (QED) is 0.600. The smallest absolute Gasteiger partial charge is 0.0960 e. The fourth-order valence-electron chi connectivity index (χ4n) is 1.07. The van der Waals surface area contributed by atoms with Crippen molar-refractivity contribution in [1.82, 2.24) is 4.98 Å². The SMILES string of the molecule is CCCCSc1ccc([C@@H](C)N)cn1. The first-order valence-electron chi connectivity index (χ1n) is 5.08. The zero-order chi connectivity index (χ0) is 10.4. The van der Waals surface area contributed by atoms with Crippen molar-refractivity contribution in [2.45, 2.75) is 37.8 Å². The van der Waals surface area contributed by atoms with Gasteiger partial charge < -0.3 is 5.73 Å². The maximum absolute atomic E-state index is 5.74. The van der Waals surface area contributed by atoms with Gasteiger partial charge in [-0.3, -0.25) is 0 Å². The van der Waals surface area contributed by atoms with Crippen molar-refractivity contribution in [3.8, 4) is 0 Å². The standard InChI is InChI=1S/C11H18N2S/c1-3-4-7-14-11-6-5-10(8-13-11)9(2)12/h5-6,8-9H,3-4,7,12H2,1-2H3/t9-/m1/s1. The Kier molecular flexibility index (Phi) is 4.98. The fourth-order valence-corrected chi connectivity index (χ4v) is 2.00. The monoisotopic (exact) mass is 210 g/mol. The summed E-state index contributed by atoms with van der Waals surface area (Å²) in [5.41, 5.74) is 6.84. The second kappa shape index (κ2) is 6.04. The second-order valence-corrected chi connectivity index (χ2v) is 4.54. The molecular weight excluding hydrogens is 192 g/mol. The molecule has 0 aliphatic heterocycles. The predicted molar refractivity (Wildman–Crippen MR) is 62.5 cm³/mol. The summed E-state index contributed by atoms with van der Waals surface area (Å²) in [6.07, 6.45) is 4.37. The maximum atomic E-state index is 5.74. The number of hydrogen-bond acceptors (Lipinski definition) is 3. The molecule has 0 radical (unpaired) electrons. The van der Waals surface area contributed by atoms with Crippen LogP contribution in [0.5, 0.6) is 0 Å². The molecule has 0 aliphatic rings. The van der Waals surface area contributed by atoms with Crippen molar-refractivity contribution >= 4 is 11.8 Å². The zero-order valence-electron chi connectivity index (χ0n) is 8.86. The normalized spacial score (nSPS) is 12.8. The van der Waals surface area contributed by atoms with Gasteiger partial charge in [-0.15, -0.1) is 11.8 Å². The lowest BCUT2D eigenvalue weighted by Crippen LogP contribution is -2.05. The van der Waals surface area contributed by atoms with E-state index in [1.807, 2.05) is 24.9 Å². The highest BCUT2D eigenvalue weighted by Gasteiger charge is 2.00. The molecule has 78 valence electrons. The molecule has 2 nitrogen and oxygen atoms in total. The van der Waals surface area contributed by atoms with Crippen LogP contribution in [0.15, 0.2) is 23.4 Å². The van der Waals surface area contributed by atoms with Crippen molar-refractivity contribution in [2.24, 2.45) is 5.73 Å². The van der Waals surface area contributed by atoms with Crippen molar-refractivity contribution in [1.29, 1.82) is 0 Å². The van der Waals surface area contributed by atoms with Gasteiger partial charge in [0.2, 0.25) is 0 Å². The Morgan fingerprint density at radius 3 is 2.79 bits per heavy atom. The van der Waals surface area contributed by atoms with Gasteiger partial charge in [-0.2, -0.15) is 0 Å². The van der Waals surface area contributed by atoms with Crippen LogP contribution in [-0.2, 0) is 0 Å². The molecule has 3 heteroatoms. The molecular formula is C11H18N2S. The Labute approximate surface area is 90.3 Å². The number of rotatable bonds is 5. The Balaban J connectivity index is 2.47. The van der Waals surface area contributed by atoms with Crippen LogP contribution in [0.3, 0.4) is 0 Å². The van der Waals surface area contributed by atoms with Crippen LogP contribution >= 0.6 is 11.8 Å². The van der Waals surface area contributed by atoms with Crippen molar-refractivity contribution in [2.75, 3.05) is 5.75 Å². The summed E-state index contributed by atoms with van der Waals surface area (Å²) in [7, 11) is 0. The Hall–Kier alpha value is -0.540. The lowest BCUT2D eigenvalue weighted by Gasteiger charge is -2.05. The van der Waals surface area contributed by atoms with E-state index in [-0.39, 0.29) is 6.04 Å². The van der Waals surface area contributed by atoms with E-state index < -0.39 is 0 Å². The molecule has 0 aliphatic carbocycles. The van der Waals surface area contributed by atoms with Crippen LogP contribution < -0.4 is 5.73 Å². The molecule has 0 spiro atoms. The molecule has 0 saturated carbocycles. The summed E-state index contributed by atoms with van der Waals surface area (Å²) in [4.78, 5) is 4.35. The fraction of sp³-hybridized carbons (Fsp3) is 0.545. The first kappa shape index (κ1) is 11.5. The highest BCUT2D eigenvalue weighted by atomic mass is 32.2. The van der Waals surface area contributed by atoms with E-state index in [2.05, 4.69) is 24.0 Å².